The minimum absolute atomic E-state index is 0.107. The summed E-state index contributed by atoms with van der Waals surface area (Å²) in [4.78, 5) is 26.2. The van der Waals surface area contributed by atoms with Gasteiger partial charge in [0.25, 0.3) is 5.91 Å². The molecule has 0 spiro atoms. The molecule has 0 radical (unpaired) electrons. The maximum Gasteiger partial charge on any atom is 0.305 e. The second kappa shape index (κ2) is 10.3. The maximum atomic E-state index is 13.4. The lowest BCUT2D eigenvalue weighted by molar-refractivity contribution is -0.137. The number of hydrogen-bond donors (Lipinski definition) is 1. The van der Waals surface area contributed by atoms with Crippen LogP contribution < -0.4 is 4.74 Å². The predicted octanol–water partition coefficient (Wildman–Crippen LogP) is 5.44. The summed E-state index contributed by atoms with van der Waals surface area (Å²) < 4.78 is 6.27. The van der Waals surface area contributed by atoms with Gasteiger partial charge in [0.05, 0.1) is 6.42 Å². The Morgan fingerprint density at radius 1 is 1.00 bits per heavy atom. The number of rotatable bonds is 9. The van der Waals surface area contributed by atoms with E-state index in [1.807, 2.05) is 48.5 Å². The summed E-state index contributed by atoms with van der Waals surface area (Å²) in [5.41, 5.74) is 3.37. The van der Waals surface area contributed by atoms with E-state index in [1.54, 1.807) is 17.0 Å². The molecule has 1 amide bonds. The van der Waals surface area contributed by atoms with Crippen molar-refractivity contribution in [3.05, 3.63) is 100 Å². The lowest BCUT2D eigenvalue weighted by Gasteiger charge is -2.24. The number of aliphatic carboxylic acids is 1. The zero-order chi connectivity index (χ0) is 24.1. The van der Waals surface area contributed by atoms with Crippen molar-refractivity contribution in [2.75, 3.05) is 13.1 Å². The number of amides is 1. The van der Waals surface area contributed by atoms with Crippen LogP contribution in [0, 0.1) is 0 Å². The van der Waals surface area contributed by atoms with Crippen molar-refractivity contribution in [1.29, 1.82) is 0 Å². The van der Waals surface area contributed by atoms with E-state index in [4.69, 9.17) is 21.4 Å². The van der Waals surface area contributed by atoms with Gasteiger partial charge in [0.2, 0.25) is 0 Å². The third-order valence-corrected chi connectivity index (χ3v) is 6.33. The van der Waals surface area contributed by atoms with E-state index >= 15 is 0 Å². The number of hydrogen-bond acceptors (Lipinski definition) is 3. The van der Waals surface area contributed by atoms with E-state index in [9.17, 15) is 9.59 Å². The first-order valence-electron chi connectivity index (χ1n) is 11.4. The van der Waals surface area contributed by atoms with Crippen molar-refractivity contribution >= 4 is 23.5 Å². The molecule has 0 saturated heterocycles. The summed E-state index contributed by atoms with van der Waals surface area (Å²) in [5, 5.41) is 9.81. The minimum Gasteiger partial charge on any atom is -0.487 e. The molecule has 34 heavy (non-hydrogen) atoms. The fourth-order valence-electron chi connectivity index (χ4n) is 4.47. The van der Waals surface area contributed by atoms with Gasteiger partial charge in [-0.05, 0) is 60.4 Å². The van der Waals surface area contributed by atoms with Gasteiger partial charge < -0.3 is 14.7 Å². The van der Waals surface area contributed by atoms with Crippen LogP contribution in [0.2, 0.25) is 5.02 Å². The van der Waals surface area contributed by atoms with E-state index in [0.29, 0.717) is 30.0 Å². The Balaban J connectivity index is 1.48. The number of carboxylic acid groups (broad SMARTS) is 1. The van der Waals surface area contributed by atoms with Gasteiger partial charge in [0.15, 0.2) is 0 Å². The molecule has 1 N–H and O–H groups in total. The Morgan fingerprint density at radius 3 is 2.50 bits per heavy atom. The maximum absolute atomic E-state index is 13.4. The van der Waals surface area contributed by atoms with Crippen LogP contribution in [0.4, 0.5) is 0 Å². The number of carbonyl (C=O) groups is 2. The van der Waals surface area contributed by atoms with E-state index in [-0.39, 0.29) is 24.5 Å². The molecule has 0 saturated carbocycles. The van der Waals surface area contributed by atoms with Crippen molar-refractivity contribution in [2.24, 2.45) is 0 Å². The summed E-state index contributed by atoms with van der Waals surface area (Å²) in [7, 11) is 0. The molecular formula is C28H28ClNO4. The number of carbonyl (C=O) groups excluding carboxylic acids is 1. The molecule has 6 heteroatoms. The molecule has 4 rings (SSSR count). The van der Waals surface area contributed by atoms with Crippen molar-refractivity contribution in [2.45, 2.75) is 38.2 Å². The Morgan fingerprint density at radius 2 is 1.76 bits per heavy atom. The zero-order valence-corrected chi connectivity index (χ0v) is 19.9. The van der Waals surface area contributed by atoms with Crippen LogP contribution in [0.1, 0.15) is 40.4 Å². The lowest BCUT2D eigenvalue weighted by Crippen LogP contribution is -2.35. The fraction of sp³-hybridized carbons (Fsp3) is 0.286. The van der Waals surface area contributed by atoms with Gasteiger partial charge in [-0.3, -0.25) is 9.59 Å². The van der Waals surface area contributed by atoms with Crippen molar-refractivity contribution < 1.29 is 19.4 Å². The van der Waals surface area contributed by atoms with Crippen molar-refractivity contribution in [3.8, 4) is 5.75 Å². The molecule has 5 nitrogen and oxygen atoms in total. The molecule has 0 unspecified atom stereocenters. The summed E-state index contributed by atoms with van der Waals surface area (Å²) in [6, 6.07) is 23.2. The SMILES string of the molecule is C[C@@]1(Cc2ccccc2)Cc2cc(C(=O)N(CCC(=O)O)CCc3cccc(Cl)c3)ccc2O1. The molecule has 0 bridgehead atoms. The first-order chi connectivity index (χ1) is 16.3. The number of ether oxygens (including phenoxy) is 1. The molecular weight excluding hydrogens is 450 g/mol. The van der Waals surface area contributed by atoms with Crippen LogP contribution in [0.15, 0.2) is 72.8 Å². The standard InChI is InChI=1S/C28H28ClNO4/c1-28(18-21-6-3-2-4-7-21)19-23-17-22(10-11-25(23)34-28)27(33)30(15-13-26(31)32)14-12-20-8-5-9-24(29)16-20/h2-11,16-17H,12-15,18-19H2,1H3,(H,31,32)/t28-/m1/s1. The third kappa shape index (κ3) is 5.97. The number of halogens is 1. The Bertz CT molecular complexity index is 1180. The van der Waals surface area contributed by atoms with Crippen molar-refractivity contribution in [1.82, 2.24) is 4.90 Å². The fourth-order valence-corrected chi connectivity index (χ4v) is 4.68. The van der Waals surface area contributed by atoms with Gasteiger partial charge in [-0.2, -0.15) is 0 Å². The quantitative estimate of drug-likeness (QED) is 0.446. The summed E-state index contributed by atoms with van der Waals surface area (Å²) >= 11 is 6.08. The first kappa shape index (κ1) is 23.8. The summed E-state index contributed by atoms with van der Waals surface area (Å²) in [6.45, 7) is 2.64. The Kier molecular flexibility index (Phi) is 7.23. The Labute approximate surface area is 204 Å². The molecule has 1 heterocycles. The molecule has 0 aliphatic carbocycles. The molecule has 0 fully saturated rings. The smallest absolute Gasteiger partial charge is 0.305 e. The molecule has 3 aromatic carbocycles. The summed E-state index contributed by atoms with van der Waals surface area (Å²) in [5.74, 6) is -0.312. The zero-order valence-electron chi connectivity index (χ0n) is 19.2. The average Bonchev–Trinajstić information content (AvgIpc) is 3.14. The molecule has 176 valence electrons. The highest BCUT2D eigenvalue weighted by Gasteiger charge is 2.35. The van der Waals surface area contributed by atoms with Gasteiger partial charge in [-0.1, -0.05) is 54.1 Å². The molecule has 1 aliphatic heterocycles. The summed E-state index contributed by atoms with van der Waals surface area (Å²) in [6.07, 6.45) is 1.96. The lowest BCUT2D eigenvalue weighted by atomic mass is 9.91. The first-order valence-corrected chi connectivity index (χ1v) is 11.8. The number of benzene rings is 3. The van der Waals surface area contributed by atoms with Gasteiger partial charge in [-0.25, -0.2) is 0 Å². The second-order valence-electron chi connectivity index (χ2n) is 9.03. The van der Waals surface area contributed by atoms with Crippen LogP contribution in [-0.2, 0) is 24.1 Å². The molecule has 0 aromatic heterocycles. The monoisotopic (exact) mass is 477 g/mol. The number of fused-ring (bicyclic) bond motifs is 1. The normalized spacial score (nSPS) is 16.5. The second-order valence-corrected chi connectivity index (χ2v) is 9.47. The highest BCUT2D eigenvalue weighted by Crippen LogP contribution is 2.37. The molecule has 1 atom stereocenters. The highest BCUT2D eigenvalue weighted by molar-refractivity contribution is 6.30. The largest absolute Gasteiger partial charge is 0.487 e. The van der Waals surface area contributed by atoms with Crippen LogP contribution in [0.5, 0.6) is 5.75 Å². The predicted molar refractivity (Wildman–Crippen MR) is 133 cm³/mol. The van der Waals surface area contributed by atoms with E-state index in [1.165, 1.54) is 5.56 Å². The van der Waals surface area contributed by atoms with Crippen LogP contribution in [0.25, 0.3) is 0 Å². The van der Waals surface area contributed by atoms with E-state index < -0.39 is 5.97 Å². The van der Waals surface area contributed by atoms with Crippen LogP contribution in [-0.4, -0.2) is 40.6 Å². The van der Waals surface area contributed by atoms with Gasteiger partial charge in [-0.15, -0.1) is 0 Å². The topological polar surface area (TPSA) is 66.8 Å². The van der Waals surface area contributed by atoms with Gasteiger partial charge in [0.1, 0.15) is 11.4 Å². The number of nitrogens with zero attached hydrogens (tertiary/aromatic N) is 1. The third-order valence-electron chi connectivity index (χ3n) is 6.09. The van der Waals surface area contributed by atoms with E-state index in [0.717, 1.165) is 23.3 Å². The van der Waals surface area contributed by atoms with Crippen molar-refractivity contribution in [3.63, 3.8) is 0 Å². The van der Waals surface area contributed by atoms with Crippen LogP contribution in [0.3, 0.4) is 0 Å². The van der Waals surface area contributed by atoms with Crippen LogP contribution >= 0.6 is 11.6 Å². The number of carboxylic acids is 1. The highest BCUT2D eigenvalue weighted by atomic mass is 35.5. The minimum atomic E-state index is -0.931. The molecule has 1 aliphatic rings. The molecule has 3 aromatic rings. The average molecular weight is 478 g/mol. The van der Waals surface area contributed by atoms with Gasteiger partial charge in [0, 0.05) is 36.5 Å². The van der Waals surface area contributed by atoms with Gasteiger partial charge >= 0.3 is 5.97 Å². The van der Waals surface area contributed by atoms with E-state index in [2.05, 4.69) is 19.1 Å². The Hall–Kier alpha value is -3.31.